The average molecular weight is 292 g/mol. The molecule has 0 aliphatic carbocycles. The van der Waals surface area contributed by atoms with Gasteiger partial charge in [0.25, 0.3) is 0 Å². The van der Waals surface area contributed by atoms with Crippen molar-refractivity contribution in [3.05, 3.63) is 23.8 Å². The minimum absolute atomic E-state index is 0.0671. The van der Waals surface area contributed by atoms with E-state index in [-0.39, 0.29) is 17.3 Å². The monoisotopic (exact) mass is 292 g/mol. The molecule has 0 saturated heterocycles. The molecule has 0 aromatic heterocycles. The number of phenols is 1. The van der Waals surface area contributed by atoms with E-state index in [9.17, 15) is 14.7 Å². The molecule has 1 rings (SSSR count). The van der Waals surface area contributed by atoms with Crippen LogP contribution in [0.4, 0.5) is 0 Å². The van der Waals surface area contributed by atoms with Crippen molar-refractivity contribution in [3.8, 4) is 17.2 Å². The van der Waals surface area contributed by atoms with E-state index in [1.807, 2.05) is 0 Å². The van der Waals surface area contributed by atoms with Gasteiger partial charge in [-0.2, -0.15) is 0 Å². The summed E-state index contributed by atoms with van der Waals surface area (Å²) in [6.45, 7) is 2.82. The first kappa shape index (κ1) is 16.8. The van der Waals surface area contributed by atoms with Gasteiger partial charge in [0, 0.05) is 0 Å². The Morgan fingerprint density at radius 3 is 2.00 bits per heavy atom. The van der Waals surface area contributed by atoms with Crippen molar-refractivity contribution in [1.82, 2.24) is 0 Å². The van der Waals surface area contributed by atoms with Crippen LogP contribution in [0, 0.1) is 5.92 Å². The number of phenolic OH excluding ortho intramolecular Hbond substituents is 1. The molecule has 21 heavy (non-hydrogen) atoms. The zero-order valence-corrected chi connectivity index (χ0v) is 12.7. The summed E-state index contributed by atoms with van der Waals surface area (Å²) in [5, 5.41) is 9.81. The van der Waals surface area contributed by atoms with Crippen LogP contribution in [0.1, 0.15) is 25.8 Å². The number of hydrogen-bond acceptors (Lipinski definition) is 5. The molecular weight excluding hydrogens is 272 g/mol. The van der Waals surface area contributed by atoms with Crippen LogP contribution >= 0.6 is 0 Å². The molecule has 1 aromatic carbocycles. The van der Waals surface area contributed by atoms with Crippen molar-refractivity contribution in [3.63, 3.8) is 0 Å². The van der Waals surface area contributed by atoms with Crippen molar-refractivity contribution in [2.24, 2.45) is 5.92 Å². The number of carbonyl (C=O) groups excluding carboxylic acids is 2. The summed E-state index contributed by atoms with van der Waals surface area (Å²) < 4.78 is 10.1. The van der Waals surface area contributed by atoms with Crippen molar-refractivity contribution in [1.29, 1.82) is 0 Å². The number of Topliss-reactive ketones (excluding diaryl/α,β-unsaturated/α-hetero) is 2. The lowest BCUT2D eigenvalue weighted by Gasteiger charge is -2.10. The zero-order valence-electron chi connectivity index (χ0n) is 12.7. The molecule has 114 valence electrons. The molecule has 0 atom stereocenters. The second-order valence-corrected chi connectivity index (χ2v) is 4.69. The van der Waals surface area contributed by atoms with E-state index in [0.29, 0.717) is 17.9 Å². The predicted molar refractivity (Wildman–Crippen MR) is 79.7 cm³/mol. The fourth-order valence-electron chi connectivity index (χ4n) is 1.97. The normalized spacial score (nSPS) is 10.9. The number of methoxy groups -OCH3 is 2. The van der Waals surface area contributed by atoms with Crippen molar-refractivity contribution in [2.75, 3.05) is 14.2 Å². The lowest BCUT2D eigenvalue weighted by atomic mass is 9.96. The van der Waals surface area contributed by atoms with E-state index in [2.05, 4.69) is 0 Å². The Morgan fingerprint density at radius 2 is 1.62 bits per heavy atom. The maximum Gasteiger partial charge on any atom is 0.200 e. The molecule has 5 nitrogen and oxygen atoms in total. The van der Waals surface area contributed by atoms with Gasteiger partial charge in [0.2, 0.25) is 5.75 Å². The fourth-order valence-corrected chi connectivity index (χ4v) is 1.97. The maximum atomic E-state index is 11.3. The topological polar surface area (TPSA) is 72.8 Å². The summed E-state index contributed by atoms with van der Waals surface area (Å²) in [7, 11) is 2.90. The van der Waals surface area contributed by atoms with Gasteiger partial charge in [0.05, 0.1) is 20.1 Å². The van der Waals surface area contributed by atoms with Gasteiger partial charge in [-0.15, -0.1) is 0 Å². The lowest BCUT2D eigenvalue weighted by molar-refractivity contribution is -0.130. The molecule has 0 heterocycles. The van der Waals surface area contributed by atoms with Crippen LogP contribution in [-0.2, 0) is 9.59 Å². The van der Waals surface area contributed by atoms with Crippen molar-refractivity contribution in [2.45, 2.75) is 20.3 Å². The number of rotatable bonds is 7. The second kappa shape index (κ2) is 7.47. The number of benzene rings is 1. The smallest absolute Gasteiger partial charge is 0.200 e. The van der Waals surface area contributed by atoms with Crippen molar-refractivity contribution < 1.29 is 24.2 Å². The largest absolute Gasteiger partial charge is 0.502 e. The molecule has 0 amide bonds. The highest BCUT2D eigenvalue weighted by Crippen LogP contribution is 2.37. The van der Waals surface area contributed by atoms with Crippen LogP contribution in [0.2, 0.25) is 0 Å². The molecule has 0 spiro atoms. The van der Waals surface area contributed by atoms with Crippen LogP contribution in [0.5, 0.6) is 17.2 Å². The zero-order chi connectivity index (χ0) is 16.0. The second-order valence-electron chi connectivity index (χ2n) is 4.69. The van der Waals surface area contributed by atoms with E-state index < -0.39 is 5.92 Å². The third kappa shape index (κ3) is 4.34. The Morgan fingerprint density at radius 1 is 1.14 bits per heavy atom. The molecule has 1 N–H and O–H groups in total. The van der Waals surface area contributed by atoms with E-state index in [0.717, 1.165) is 5.56 Å². The van der Waals surface area contributed by atoms with Crippen LogP contribution < -0.4 is 9.47 Å². The lowest BCUT2D eigenvalue weighted by Crippen LogP contribution is -2.18. The van der Waals surface area contributed by atoms with Crippen LogP contribution in [0.15, 0.2) is 18.2 Å². The first-order valence-electron chi connectivity index (χ1n) is 6.53. The van der Waals surface area contributed by atoms with Crippen molar-refractivity contribution >= 4 is 17.6 Å². The summed E-state index contributed by atoms with van der Waals surface area (Å²) in [4.78, 5) is 22.7. The minimum atomic E-state index is -0.609. The fraction of sp³-hybridized carbons (Fsp3) is 0.375. The molecule has 1 aromatic rings. The molecule has 5 heteroatoms. The SMILES string of the molecule is COc1cc(/C=C/CC(C(C)=O)C(C)=O)cc(OC)c1O. The summed E-state index contributed by atoms with van der Waals surface area (Å²) in [5.41, 5.74) is 0.743. The first-order chi connectivity index (χ1) is 9.90. The van der Waals surface area contributed by atoms with Crippen LogP contribution in [0.3, 0.4) is 0 Å². The Balaban J connectivity index is 2.94. The Kier molecular flexibility index (Phi) is 5.96. The van der Waals surface area contributed by atoms with Gasteiger partial charge in [-0.25, -0.2) is 0 Å². The molecule has 0 saturated carbocycles. The summed E-state index contributed by atoms with van der Waals surface area (Å²) in [6, 6.07) is 3.29. The van der Waals surface area contributed by atoms with E-state index in [1.165, 1.54) is 28.1 Å². The molecule has 0 unspecified atom stereocenters. The highest BCUT2D eigenvalue weighted by atomic mass is 16.5. The number of hydrogen-bond donors (Lipinski definition) is 1. The van der Waals surface area contributed by atoms with Gasteiger partial charge in [-0.3, -0.25) is 9.59 Å². The van der Waals surface area contributed by atoms with E-state index in [4.69, 9.17) is 9.47 Å². The third-order valence-corrected chi connectivity index (χ3v) is 3.17. The van der Waals surface area contributed by atoms with Gasteiger partial charge in [0.15, 0.2) is 11.5 Å². The minimum Gasteiger partial charge on any atom is -0.502 e. The average Bonchev–Trinajstić information content (AvgIpc) is 2.43. The summed E-state index contributed by atoms with van der Waals surface area (Å²) >= 11 is 0. The van der Waals surface area contributed by atoms with Gasteiger partial charge in [0.1, 0.15) is 11.6 Å². The third-order valence-electron chi connectivity index (χ3n) is 3.17. The van der Waals surface area contributed by atoms with Crippen LogP contribution in [-0.4, -0.2) is 30.9 Å². The number of ketones is 2. The maximum absolute atomic E-state index is 11.3. The van der Waals surface area contributed by atoms with Gasteiger partial charge < -0.3 is 14.6 Å². The molecule has 0 fully saturated rings. The number of aromatic hydroxyl groups is 1. The Bertz CT molecular complexity index is 521. The standard InChI is InChI=1S/C16H20O5/c1-10(17)13(11(2)18)7-5-6-12-8-14(20-3)16(19)15(9-12)21-4/h5-6,8-9,13,19H,7H2,1-4H3/b6-5+. The molecule has 0 aliphatic heterocycles. The van der Waals surface area contributed by atoms with Crippen LogP contribution in [0.25, 0.3) is 6.08 Å². The Labute approximate surface area is 124 Å². The summed E-state index contributed by atoms with van der Waals surface area (Å²) in [6.07, 6.45) is 3.85. The molecule has 0 aliphatic rings. The Hall–Kier alpha value is -2.30. The first-order valence-corrected chi connectivity index (χ1v) is 6.53. The van der Waals surface area contributed by atoms with Gasteiger partial charge in [-0.1, -0.05) is 12.2 Å². The molecule has 0 bridgehead atoms. The van der Waals surface area contributed by atoms with E-state index in [1.54, 1.807) is 24.3 Å². The highest BCUT2D eigenvalue weighted by Gasteiger charge is 2.17. The predicted octanol–water partition coefficient (Wildman–Crippen LogP) is 2.61. The number of allylic oxidation sites excluding steroid dienone is 1. The highest BCUT2D eigenvalue weighted by molar-refractivity contribution is 6.00. The van der Waals surface area contributed by atoms with Gasteiger partial charge >= 0.3 is 0 Å². The number of carbonyl (C=O) groups is 2. The summed E-state index contributed by atoms with van der Waals surface area (Å²) in [5.74, 6) is -0.377. The molecular formula is C16H20O5. The van der Waals surface area contributed by atoms with Gasteiger partial charge in [-0.05, 0) is 38.0 Å². The quantitative estimate of drug-likeness (QED) is 0.782. The molecule has 0 radical (unpaired) electrons. The number of ether oxygens (including phenoxy) is 2. The van der Waals surface area contributed by atoms with E-state index >= 15 is 0 Å².